The zero-order valence-electron chi connectivity index (χ0n) is 10.6. The maximum absolute atomic E-state index is 6.24. The van der Waals surface area contributed by atoms with Gasteiger partial charge in [-0.05, 0) is 23.6 Å². The standard InChI is InChI=1S/C13H16ClN3O/c1-7(2)9-4-8(5-10(14)13(9)18-3)11-6-12(15)17-16-11/h4-7H,1-3H3,(H3,15,16,17). The maximum atomic E-state index is 6.24. The smallest absolute Gasteiger partial charge is 0.145 e. The van der Waals surface area contributed by atoms with Crippen molar-refractivity contribution < 1.29 is 4.74 Å². The van der Waals surface area contributed by atoms with Crippen LogP contribution in [0.3, 0.4) is 0 Å². The molecule has 96 valence electrons. The van der Waals surface area contributed by atoms with Crippen molar-refractivity contribution in [2.75, 3.05) is 12.8 Å². The highest BCUT2D eigenvalue weighted by Gasteiger charge is 2.14. The average molecular weight is 266 g/mol. The van der Waals surface area contributed by atoms with Crippen molar-refractivity contribution in [2.45, 2.75) is 19.8 Å². The van der Waals surface area contributed by atoms with Crippen LogP contribution < -0.4 is 10.5 Å². The minimum absolute atomic E-state index is 0.317. The Morgan fingerprint density at radius 3 is 2.56 bits per heavy atom. The van der Waals surface area contributed by atoms with E-state index in [2.05, 4.69) is 24.0 Å². The summed E-state index contributed by atoms with van der Waals surface area (Å²) in [6, 6.07) is 5.67. The summed E-state index contributed by atoms with van der Waals surface area (Å²) < 4.78 is 5.35. The number of nitrogens with zero attached hydrogens (tertiary/aromatic N) is 1. The molecular weight excluding hydrogens is 250 g/mol. The highest BCUT2D eigenvalue weighted by atomic mass is 35.5. The number of hydrogen-bond donors (Lipinski definition) is 2. The molecule has 0 aliphatic rings. The predicted octanol–water partition coefficient (Wildman–Crippen LogP) is 3.44. The van der Waals surface area contributed by atoms with Gasteiger partial charge in [0, 0.05) is 11.6 Å². The molecule has 0 saturated carbocycles. The maximum Gasteiger partial charge on any atom is 0.145 e. The molecule has 0 atom stereocenters. The van der Waals surface area contributed by atoms with E-state index in [-0.39, 0.29) is 0 Å². The van der Waals surface area contributed by atoms with Gasteiger partial charge in [0.25, 0.3) is 0 Å². The molecule has 0 saturated heterocycles. The minimum atomic E-state index is 0.317. The van der Waals surface area contributed by atoms with Crippen molar-refractivity contribution in [1.29, 1.82) is 0 Å². The SMILES string of the molecule is COc1c(Cl)cc(-c2cc(N)n[nH]2)cc1C(C)C. The van der Waals surface area contributed by atoms with E-state index >= 15 is 0 Å². The first-order valence-electron chi connectivity index (χ1n) is 5.71. The van der Waals surface area contributed by atoms with Crippen LogP contribution in [0.5, 0.6) is 5.75 Å². The molecule has 0 aliphatic carbocycles. The number of nitrogen functional groups attached to an aromatic ring is 1. The van der Waals surface area contributed by atoms with Crippen LogP contribution >= 0.6 is 11.6 Å². The lowest BCUT2D eigenvalue weighted by Crippen LogP contribution is -1.96. The zero-order chi connectivity index (χ0) is 13.3. The zero-order valence-corrected chi connectivity index (χ0v) is 11.4. The van der Waals surface area contributed by atoms with E-state index in [0.717, 1.165) is 22.6 Å². The Balaban J connectivity index is 2.57. The third-order valence-corrected chi connectivity index (χ3v) is 3.09. The number of methoxy groups -OCH3 is 1. The van der Waals surface area contributed by atoms with Gasteiger partial charge in [-0.15, -0.1) is 0 Å². The van der Waals surface area contributed by atoms with Crippen LogP contribution in [-0.2, 0) is 0 Å². The first-order valence-corrected chi connectivity index (χ1v) is 6.09. The van der Waals surface area contributed by atoms with Crippen LogP contribution in [-0.4, -0.2) is 17.3 Å². The molecule has 0 aliphatic heterocycles. The van der Waals surface area contributed by atoms with Gasteiger partial charge in [-0.1, -0.05) is 25.4 Å². The van der Waals surface area contributed by atoms with E-state index in [9.17, 15) is 0 Å². The Morgan fingerprint density at radius 2 is 2.06 bits per heavy atom. The molecule has 1 aromatic carbocycles. The van der Waals surface area contributed by atoms with Gasteiger partial charge in [0.1, 0.15) is 11.6 Å². The second kappa shape index (κ2) is 4.90. The van der Waals surface area contributed by atoms with Crippen molar-refractivity contribution in [3.05, 3.63) is 28.8 Å². The molecule has 2 rings (SSSR count). The highest BCUT2D eigenvalue weighted by molar-refractivity contribution is 6.32. The topological polar surface area (TPSA) is 63.9 Å². The largest absolute Gasteiger partial charge is 0.495 e. The van der Waals surface area contributed by atoms with Crippen molar-refractivity contribution in [3.63, 3.8) is 0 Å². The number of nitrogens with one attached hydrogen (secondary N) is 1. The summed E-state index contributed by atoms with van der Waals surface area (Å²) in [5, 5.41) is 7.39. The number of hydrogen-bond acceptors (Lipinski definition) is 3. The second-order valence-electron chi connectivity index (χ2n) is 4.44. The third kappa shape index (κ3) is 2.29. The van der Waals surface area contributed by atoms with E-state index in [0.29, 0.717) is 16.8 Å². The van der Waals surface area contributed by atoms with Gasteiger partial charge in [0.05, 0.1) is 17.8 Å². The highest BCUT2D eigenvalue weighted by Crippen LogP contribution is 2.37. The monoisotopic (exact) mass is 265 g/mol. The van der Waals surface area contributed by atoms with Crippen molar-refractivity contribution in [1.82, 2.24) is 10.2 Å². The van der Waals surface area contributed by atoms with Gasteiger partial charge >= 0.3 is 0 Å². The van der Waals surface area contributed by atoms with Gasteiger partial charge in [0.2, 0.25) is 0 Å². The van der Waals surface area contributed by atoms with E-state index in [1.54, 1.807) is 13.2 Å². The molecule has 1 heterocycles. The summed E-state index contributed by atoms with van der Waals surface area (Å²) in [6.45, 7) is 4.19. The predicted molar refractivity (Wildman–Crippen MR) is 74.1 cm³/mol. The molecule has 0 spiro atoms. The molecule has 18 heavy (non-hydrogen) atoms. The number of ether oxygens (including phenoxy) is 1. The molecule has 1 aromatic heterocycles. The number of halogens is 1. The van der Waals surface area contributed by atoms with Crippen LogP contribution in [0.2, 0.25) is 5.02 Å². The number of anilines is 1. The summed E-state index contributed by atoms with van der Waals surface area (Å²) in [7, 11) is 1.63. The second-order valence-corrected chi connectivity index (χ2v) is 4.85. The van der Waals surface area contributed by atoms with Crippen LogP contribution in [0.4, 0.5) is 5.82 Å². The summed E-state index contributed by atoms with van der Waals surface area (Å²) in [5.74, 6) is 1.50. The first kappa shape index (κ1) is 12.8. The molecule has 0 radical (unpaired) electrons. The Bertz CT molecular complexity index is 563. The first-order chi connectivity index (χ1) is 8.52. The minimum Gasteiger partial charge on any atom is -0.495 e. The number of H-pyrrole nitrogens is 1. The molecule has 0 unspecified atom stereocenters. The van der Waals surface area contributed by atoms with Gasteiger partial charge in [-0.3, -0.25) is 5.10 Å². The normalized spacial score (nSPS) is 10.9. The van der Waals surface area contributed by atoms with Gasteiger partial charge in [0.15, 0.2) is 0 Å². The fourth-order valence-electron chi connectivity index (χ4n) is 1.90. The molecule has 0 fully saturated rings. The number of rotatable bonds is 3. The van der Waals surface area contributed by atoms with Crippen molar-refractivity contribution in [2.24, 2.45) is 0 Å². The molecule has 4 nitrogen and oxygen atoms in total. The third-order valence-electron chi connectivity index (χ3n) is 2.81. The number of aromatic amines is 1. The van der Waals surface area contributed by atoms with E-state index in [4.69, 9.17) is 22.1 Å². The van der Waals surface area contributed by atoms with E-state index < -0.39 is 0 Å². The van der Waals surface area contributed by atoms with Gasteiger partial charge in [-0.25, -0.2) is 0 Å². The lowest BCUT2D eigenvalue weighted by molar-refractivity contribution is 0.408. The summed E-state index contributed by atoms with van der Waals surface area (Å²) in [5.41, 5.74) is 8.47. The molecule has 2 aromatic rings. The van der Waals surface area contributed by atoms with Crippen LogP contribution in [0.1, 0.15) is 25.3 Å². The van der Waals surface area contributed by atoms with Crippen molar-refractivity contribution >= 4 is 17.4 Å². The molecule has 3 N–H and O–H groups in total. The van der Waals surface area contributed by atoms with Crippen LogP contribution in [0.25, 0.3) is 11.3 Å². The van der Waals surface area contributed by atoms with Crippen LogP contribution in [0, 0.1) is 0 Å². The molecule has 0 amide bonds. The lowest BCUT2D eigenvalue weighted by atomic mass is 9.98. The average Bonchev–Trinajstić information content (AvgIpc) is 2.74. The van der Waals surface area contributed by atoms with Crippen LogP contribution in [0.15, 0.2) is 18.2 Å². The summed E-state index contributed by atoms with van der Waals surface area (Å²) in [4.78, 5) is 0. The fraction of sp³-hybridized carbons (Fsp3) is 0.308. The van der Waals surface area contributed by atoms with E-state index in [1.165, 1.54) is 0 Å². The summed E-state index contributed by atoms with van der Waals surface area (Å²) in [6.07, 6.45) is 0. The number of aromatic nitrogens is 2. The van der Waals surface area contributed by atoms with E-state index in [1.807, 2.05) is 12.1 Å². The Hall–Kier alpha value is -1.68. The Kier molecular flexibility index (Phi) is 3.48. The molecular formula is C13H16ClN3O. The summed E-state index contributed by atoms with van der Waals surface area (Å²) >= 11 is 6.24. The lowest BCUT2D eigenvalue weighted by Gasteiger charge is -2.15. The number of nitrogens with two attached hydrogens (primary N) is 1. The van der Waals surface area contributed by atoms with Gasteiger partial charge in [-0.2, -0.15) is 5.10 Å². The Labute approximate surface area is 111 Å². The molecule has 5 heteroatoms. The fourth-order valence-corrected chi connectivity index (χ4v) is 2.20. The number of benzene rings is 1. The quantitative estimate of drug-likeness (QED) is 0.893. The van der Waals surface area contributed by atoms with Crippen molar-refractivity contribution in [3.8, 4) is 17.0 Å². The Morgan fingerprint density at radius 1 is 1.33 bits per heavy atom. The van der Waals surface area contributed by atoms with Gasteiger partial charge < -0.3 is 10.5 Å². The molecule has 0 bridgehead atoms.